The Labute approximate surface area is 110 Å². The summed E-state index contributed by atoms with van der Waals surface area (Å²) in [5.41, 5.74) is 2.38. The number of aromatic nitrogens is 2. The zero-order valence-corrected chi connectivity index (χ0v) is 12.2. The highest BCUT2D eigenvalue weighted by Gasteiger charge is 2.21. The molecule has 0 amide bonds. The van der Waals surface area contributed by atoms with E-state index in [0.29, 0.717) is 0 Å². The summed E-state index contributed by atoms with van der Waals surface area (Å²) in [7, 11) is 0. The lowest BCUT2D eigenvalue weighted by Gasteiger charge is -2.29. The quantitative estimate of drug-likeness (QED) is 0.746. The second-order valence-electron chi connectivity index (χ2n) is 5.04. The maximum atomic E-state index is 9.12. The molecule has 0 saturated carbocycles. The van der Waals surface area contributed by atoms with Crippen molar-refractivity contribution in [2.24, 2.45) is 0 Å². The first-order valence-corrected chi connectivity index (χ1v) is 7.00. The summed E-state index contributed by atoms with van der Waals surface area (Å²) in [6.45, 7) is 10.5. The number of nitrogens with zero attached hydrogens (tertiary/aromatic N) is 2. The van der Waals surface area contributed by atoms with Crippen LogP contribution in [0.3, 0.4) is 0 Å². The van der Waals surface area contributed by atoms with Gasteiger partial charge in [-0.15, -0.1) is 0 Å². The zero-order valence-electron chi connectivity index (χ0n) is 12.2. The molecule has 0 aliphatic carbocycles. The minimum atomic E-state index is 0.00394. The van der Waals surface area contributed by atoms with E-state index in [1.165, 1.54) is 5.69 Å². The van der Waals surface area contributed by atoms with E-state index in [-0.39, 0.29) is 12.1 Å². The molecule has 0 spiro atoms. The summed E-state index contributed by atoms with van der Waals surface area (Å²) in [5, 5.41) is 17.2. The van der Waals surface area contributed by atoms with Gasteiger partial charge < -0.3 is 10.4 Å². The fourth-order valence-electron chi connectivity index (χ4n) is 2.04. The normalized spacial score (nSPS) is 14.7. The van der Waals surface area contributed by atoms with Gasteiger partial charge in [-0.1, -0.05) is 13.8 Å². The summed E-state index contributed by atoms with van der Waals surface area (Å²) >= 11 is 0. The summed E-state index contributed by atoms with van der Waals surface area (Å²) < 4.78 is 2.06. The van der Waals surface area contributed by atoms with Crippen molar-refractivity contribution in [1.82, 2.24) is 15.1 Å². The van der Waals surface area contributed by atoms with Crippen molar-refractivity contribution >= 4 is 0 Å². The molecule has 1 unspecified atom stereocenters. The highest BCUT2D eigenvalue weighted by molar-refractivity contribution is 5.10. The fraction of sp³-hybridized carbons (Fsp3) is 0.786. The number of hydrogen-bond acceptors (Lipinski definition) is 3. The van der Waals surface area contributed by atoms with Gasteiger partial charge in [-0.05, 0) is 39.2 Å². The predicted molar refractivity (Wildman–Crippen MR) is 74.5 cm³/mol. The average molecular weight is 253 g/mol. The van der Waals surface area contributed by atoms with E-state index >= 15 is 0 Å². The summed E-state index contributed by atoms with van der Waals surface area (Å²) in [6.07, 6.45) is 2.76. The van der Waals surface area contributed by atoms with Crippen LogP contribution in [-0.2, 0) is 19.5 Å². The van der Waals surface area contributed by atoms with E-state index in [1.54, 1.807) is 0 Å². The first kappa shape index (κ1) is 15.2. The third kappa shape index (κ3) is 3.82. The summed E-state index contributed by atoms with van der Waals surface area (Å²) in [6, 6.07) is 2.17. The SMILES string of the molecule is CCc1cc(CNC(C)(CC)CCO)n(CC)n1. The number of aliphatic hydroxyl groups excluding tert-OH is 1. The molecule has 1 atom stereocenters. The Bertz CT molecular complexity index is 362. The van der Waals surface area contributed by atoms with Gasteiger partial charge >= 0.3 is 0 Å². The Hall–Kier alpha value is -0.870. The first-order valence-electron chi connectivity index (χ1n) is 7.00. The van der Waals surface area contributed by atoms with Crippen LogP contribution >= 0.6 is 0 Å². The van der Waals surface area contributed by atoms with E-state index in [4.69, 9.17) is 5.11 Å². The number of hydrogen-bond donors (Lipinski definition) is 2. The van der Waals surface area contributed by atoms with Crippen LogP contribution in [0.5, 0.6) is 0 Å². The minimum absolute atomic E-state index is 0.00394. The molecule has 4 heteroatoms. The molecule has 0 radical (unpaired) electrons. The molecular weight excluding hydrogens is 226 g/mol. The molecule has 0 bridgehead atoms. The molecule has 0 aromatic carbocycles. The van der Waals surface area contributed by atoms with Crippen molar-refractivity contribution in [3.05, 3.63) is 17.5 Å². The molecule has 0 aliphatic rings. The summed E-state index contributed by atoms with van der Waals surface area (Å²) in [5.74, 6) is 0. The number of aliphatic hydroxyl groups is 1. The third-order valence-electron chi connectivity index (χ3n) is 3.72. The van der Waals surface area contributed by atoms with Crippen LogP contribution in [0.2, 0.25) is 0 Å². The maximum absolute atomic E-state index is 9.12. The topological polar surface area (TPSA) is 50.1 Å². The molecular formula is C14H27N3O. The fourth-order valence-corrected chi connectivity index (χ4v) is 2.04. The van der Waals surface area contributed by atoms with Gasteiger partial charge in [0.1, 0.15) is 0 Å². The van der Waals surface area contributed by atoms with Crippen LogP contribution in [0.1, 0.15) is 51.9 Å². The molecule has 1 aromatic rings. The second-order valence-corrected chi connectivity index (χ2v) is 5.04. The molecule has 0 fully saturated rings. The largest absolute Gasteiger partial charge is 0.396 e. The van der Waals surface area contributed by atoms with Crippen LogP contribution in [0.25, 0.3) is 0 Å². The van der Waals surface area contributed by atoms with Gasteiger partial charge in [0.25, 0.3) is 0 Å². The standard InChI is InChI=1S/C14H27N3O/c1-5-12-10-13(17(7-3)16-12)11-15-14(4,6-2)8-9-18/h10,15,18H,5-9,11H2,1-4H3. The number of aryl methyl sites for hydroxylation is 2. The third-order valence-corrected chi connectivity index (χ3v) is 3.72. The molecule has 104 valence electrons. The monoisotopic (exact) mass is 253 g/mol. The van der Waals surface area contributed by atoms with E-state index in [9.17, 15) is 0 Å². The Morgan fingerprint density at radius 3 is 2.61 bits per heavy atom. The van der Waals surface area contributed by atoms with Crippen molar-refractivity contribution < 1.29 is 5.11 Å². The van der Waals surface area contributed by atoms with Gasteiger partial charge in [0.15, 0.2) is 0 Å². The van der Waals surface area contributed by atoms with Gasteiger partial charge in [-0.3, -0.25) is 4.68 Å². The molecule has 2 N–H and O–H groups in total. The lowest BCUT2D eigenvalue weighted by atomic mass is 9.95. The highest BCUT2D eigenvalue weighted by Crippen LogP contribution is 2.15. The van der Waals surface area contributed by atoms with E-state index in [0.717, 1.165) is 38.0 Å². The molecule has 0 saturated heterocycles. The maximum Gasteiger partial charge on any atom is 0.0625 e. The molecule has 0 aliphatic heterocycles. The Morgan fingerprint density at radius 1 is 1.39 bits per heavy atom. The Morgan fingerprint density at radius 2 is 2.11 bits per heavy atom. The van der Waals surface area contributed by atoms with Gasteiger partial charge in [-0.2, -0.15) is 5.10 Å². The van der Waals surface area contributed by atoms with E-state index < -0.39 is 0 Å². The van der Waals surface area contributed by atoms with Crippen LogP contribution < -0.4 is 5.32 Å². The number of rotatable bonds is 8. The lowest BCUT2D eigenvalue weighted by Crippen LogP contribution is -2.42. The van der Waals surface area contributed by atoms with Crippen LogP contribution in [0.4, 0.5) is 0 Å². The molecule has 4 nitrogen and oxygen atoms in total. The van der Waals surface area contributed by atoms with Gasteiger partial charge in [0.05, 0.1) is 11.4 Å². The molecule has 1 rings (SSSR count). The van der Waals surface area contributed by atoms with Gasteiger partial charge in [0.2, 0.25) is 0 Å². The zero-order chi connectivity index (χ0) is 13.6. The first-order chi connectivity index (χ1) is 8.58. The van der Waals surface area contributed by atoms with Crippen LogP contribution in [0, 0.1) is 0 Å². The summed E-state index contributed by atoms with van der Waals surface area (Å²) in [4.78, 5) is 0. The van der Waals surface area contributed by atoms with Crippen LogP contribution in [-0.4, -0.2) is 27.0 Å². The van der Waals surface area contributed by atoms with Gasteiger partial charge in [0, 0.05) is 25.2 Å². The predicted octanol–water partition coefficient (Wildman–Crippen LogP) is 2.11. The molecule has 18 heavy (non-hydrogen) atoms. The van der Waals surface area contributed by atoms with Crippen molar-refractivity contribution in [3.8, 4) is 0 Å². The number of nitrogens with one attached hydrogen (secondary N) is 1. The Kier molecular flexibility index (Phi) is 5.82. The average Bonchev–Trinajstić information content (AvgIpc) is 2.79. The van der Waals surface area contributed by atoms with Gasteiger partial charge in [-0.25, -0.2) is 0 Å². The van der Waals surface area contributed by atoms with Crippen LogP contribution in [0.15, 0.2) is 6.07 Å². The van der Waals surface area contributed by atoms with E-state index in [1.807, 2.05) is 0 Å². The molecule has 1 aromatic heterocycles. The van der Waals surface area contributed by atoms with E-state index in [2.05, 4.69) is 48.9 Å². The van der Waals surface area contributed by atoms with Crippen molar-refractivity contribution in [2.45, 2.75) is 65.6 Å². The Balaban J connectivity index is 2.69. The lowest BCUT2D eigenvalue weighted by molar-refractivity contribution is 0.213. The van der Waals surface area contributed by atoms with Crippen molar-refractivity contribution in [1.29, 1.82) is 0 Å². The minimum Gasteiger partial charge on any atom is -0.396 e. The van der Waals surface area contributed by atoms with Crippen molar-refractivity contribution in [3.63, 3.8) is 0 Å². The van der Waals surface area contributed by atoms with Crippen molar-refractivity contribution in [2.75, 3.05) is 6.61 Å². The highest BCUT2D eigenvalue weighted by atomic mass is 16.3. The molecule has 1 heterocycles. The smallest absolute Gasteiger partial charge is 0.0625 e. The second kappa shape index (κ2) is 6.90.